The van der Waals surface area contributed by atoms with Crippen LogP contribution in [-0.4, -0.2) is 29.5 Å². The SMILES string of the molecule is CCNCCc1nnc(CSC)o1. The third kappa shape index (κ3) is 3.78. The van der Waals surface area contributed by atoms with Gasteiger partial charge in [0.05, 0.1) is 5.75 Å². The van der Waals surface area contributed by atoms with Crippen molar-refractivity contribution in [1.29, 1.82) is 0 Å². The first-order valence-electron chi connectivity index (χ1n) is 4.37. The molecule has 5 heteroatoms. The molecule has 0 saturated heterocycles. The number of aromatic nitrogens is 2. The molecule has 4 nitrogen and oxygen atoms in total. The molecule has 0 aliphatic heterocycles. The highest BCUT2D eigenvalue weighted by Gasteiger charge is 2.03. The lowest BCUT2D eigenvalue weighted by molar-refractivity contribution is 0.459. The summed E-state index contributed by atoms with van der Waals surface area (Å²) >= 11 is 1.68. The molecule has 0 aliphatic carbocycles. The van der Waals surface area contributed by atoms with Gasteiger partial charge in [0.2, 0.25) is 11.8 Å². The van der Waals surface area contributed by atoms with E-state index in [9.17, 15) is 0 Å². The quantitative estimate of drug-likeness (QED) is 0.698. The Morgan fingerprint density at radius 2 is 2.15 bits per heavy atom. The minimum atomic E-state index is 0.721. The average Bonchev–Trinajstić information content (AvgIpc) is 2.54. The lowest BCUT2D eigenvalue weighted by Crippen LogP contribution is -2.16. The van der Waals surface area contributed by atoms with Crippen LogP contribution in [0.3, 0.4) is 0 Å². The molecule has 0 amide bonds. The fourth-order valence-electron chi connectivity index (χ4n) is 0.943. The zero-order valence-corrected chi connectivity index (χ0v) is 8.86. The molecule has 0 bridgehead atoms. The molecule has 0 aromatic carbocycles. The first kappa shape index (κ1) is 10.5. The number of thioether (sulfide) groups is 1. The number of hydrogen-bond acceptors (Lipinski definition) is 5. The molecule has 1 aromatic heterocycles. The van der Waals surface area contributed by atoms with Gasteiger partial charge < -0.3 is 9.73 Å². The third-order valence-electron chi connectivity index (χ3n) is 1.54. The molecule has 0 unspecified atom stereocenters. The number of rotatable bonds is 6. The van der Waals surface area contributed by atoms with Crippen LogP contribution in [0.25, 0.3) is 0 Å². The van der Waals surface area contributed by atoms with Crippen LogP contribution in [-0.2, 0) is 12.2 Å². The van der Waals surface area contributed by atoms with Gasteiger partial charge in [0.25, 0.3) is 0 Å². The smallest absolute Gasteiger partial charge is 0.226 e. The Balaban J connectivity index is 2.31. The Hall–Kier alpha value is -0.550. The molecule has 0 aliphatic rings. The van der Waals surface area contributed by atoms with E-state index in [1.165, 1.54) is 0 Å². The van der Waals surface area contributed by atoms with E-state index < -0.39 is 0 Å². The van der Waals surface area contributed by atoms with Gasteiger partial charge in [0.1, 0.15) is 0 Å². The van der Waals surface area contributed by atoms with Gasteiger partial charge in [-0.3, -0.25) is 0 Å². The minimum Gasteiger partial charge on any atom is -0.424 e. The van der Waals surface area contributed by atoms with Crippen LogP contribution >= 0.6 is 11.8 Å². The Morgan fingerprint density at radius 1 is 1.38 bits per heavy atom. The van der Waals surface area contributed by atoms with Gasteiger partial charge in [-0.05, 0) is 12.8 Å². The van der Waals surface area contributed by atoms with Crippen molar-refractivity contribution in [2.75, 3.05) is 19.3 Å². The van der Waals surface area contributed by atoms with Crippen molar-refractivity contribution >= 4 is 11.8 Å². The summed E-state index contributed by atoms with van der Waals surface area (Å²) in [4.78, 5) is 0. The Bertz CT molecular complexity index is 239. The van der Waals surface area contributed by atoms with Crippen LogP contribution in [0.1, 0.15) is 18.7 Å². The van der Waals surface area contributed by atoms with Crippen molar-refractivity contribution < 1.29 is 4.42 Å². The third-order valence-corrected chi connectivity index (χ3v) is 2.08. The van der Waals surface area contributed by atoms with Gasteiger partial charge in [-0.1, -0.05) is 6.92 Å². The first-order chi connectivity index (χ1) is 6.36. The van der Waals surface area contributed by atoms with E-state index in [0.29, 0.717) is 0 Å². The van der Waals surface area contributed by atoms with Crippen LogP contribution < -0.4 is 5.32 Å². The van der Waals surface area contributed by atoms with Crippen LogP contribution in [0.2, 0.25) is 0 Å². The summed E-state index contributed by atoms with van der Waals surface area (Å²) in [5.41, 5.74) is 0. The van der Waals surface area contributed by atoms with Gasteiger partial charge in [-0.15, -0.1) is 10.2 Å². The van der Waals surface area contributed by atoms with Gasteiger partial charge in [0.15, 0.2) is 0 Å². The lowest BCUT2D eigenvalue weighted by atomic mass is 10.4. The summed E-state index contributed by atoms with van der Waals surface area (Å²) in [5.74, 6) is 2.25. The predicted octanol–water partition coefficient (Wildman–Crippen LogP) is 1.08. The normalized spacial score (nSPS) is 10.6. The van der Waals surface area contributed by atoms with Gasteiger partial charge >= 0.3 is 0 Å². The van der Waals surface area contributed by atoms with Gasteiger partial charge in [0, 0.05) is 13.0 Å². The maximum absolute atomic E-state index is 5.39. The van der Waals surface area contributed by atoms with Crippen molar-refractivity contribution in [2.24, 2.45) is 0 Å². The monoisotopic (exact) mass is 201 g/mol. The summed E-state index contributed by atoms with van der Waals surface area (Å²) in [6.07, 6.45) is 2.83. The van der Waals surface area contributed by atoms with E-state index in [1.807, 2.05) is 6.26 Å². The Morgan fingerprint density at radius 3 is 2.85 bits per heavy atom. The molecule has 0 spiro atoms. The van der Waals surface area contributed by atoms with E-state index in [0.717, 1.165) is 37.0 Å². The Kier molecular flexibility index (Phi) is 4.85. The molecule has 0 radical (unpaired) electrons. The molecule has 1 rings (SSSR count). The second-order valence-corrected chi connectivity index (χ2v) is 3.49. The molecule has 1 aromatic rings. The average molecular weight is 201 g/mol. The largest absolute Gasteiger partial charge is 0.424 e. The van der Waals surface area contributed by atoms with E-state index in [1.54, 1.807) is 11.8 Å². The lowest BCUT2D eigenvalue weighted by Gasteiger charge is -1.95. The first-order valence-corrected chi connectivity index (χ1v) is 5.77. The van der Waals surface area contributed by atoms with Crippen LogP contribution in [0, 0.1) is 0 Å². The summed E-state index contributed by atoms with van der Waals surface area (Å²) in [7, 11) is 0. The fraction of sp³-hybridized carbons (Fsp3) is 0.750. The maximum Gasteiger partial charge on any atom is 0.226 e. The molecule has 74 valence electrons. The van der Waals surface area contributed by atoms with Crippen LogP contribution in [0.15, 0.2) is 4.42 Å². The highest BCUT2D eigenvalue weighted by atomic mass is 32.2. The number of hydrogen-bond donors (Lipinski definition) is 1. The van der Waals surface area contributed by atoms with E-state index in [4.69, 9.17) is 4.42 Å². The summed E-state index contributed by atoms with van der Waals surface area (Å²) in [5, 5.41) is 11.1. The molecular weight excluding hydrogens is 186 g/mol. The molecule has 0 saturated carbocycles. The van der Waals surface area contributed by atoms with Crippen molar-refractivity contribution in [1.82, 2.24) is 15.5 Å². The fourth-order valence-corrected chi connectivity index (χ4v) is 1.31. The minimum absolute atomic E-state index is 0.721. The van der Waals surface area contributed by atoms with Crippen molar-refractivity contribution in [3.05, 3.63) is 11.8 Å². The summed E-state index contributed by atoms with van der Waals surface area (Å²) < 4.78 is 5.39. The number of nitrogens with one attached hydrogen (secondary N) is 1. The standard InChI is InChI=1S/C8H15N3OS/c1-3-9-5-4-7-10-11-8(12-7)6-13-2/h9H,3-6H2,1-2H3. The summed E-state index contributed by atoms with van der Waals surface area (Å²) in [6.45, 7) is 3.95. The van der Waals surface area contributed by atoms with E-state index >= 15 is 0 Å². The molecular formula is C8H15N3OS. The summed E-state index contributed by atoms with van der Waals surface area (Å²) in [6, 6.07) is 0. The van der Waals surface area contributed by atoms with Crippen LogP contribution in [0.5, 0.6) is 0 Å². The number of nitrogens with zero attached hydrogens (tertiary/aromatic N) is 2. The van der Waals surface area contributed by atoms with Gasteiger partial charge in [-0.2, -0.15) is 11.8 Å². The van der Waals surface area contributed by atoms with Crippen molar-refractivity contribution in [3.8, 4) is 0 Å². The predicted molar refractivity (Wildman–Crippen MR) is 53.8 cm³/mol. The highest BCUT2D eigenvalue weighted by molar-refractivity contribution is 7.97. The second kappa shape index (κ2) is 5.99. The van der Waals surface area contributed by atoms with E-state index in [-0.39, 0.29) is 0 Å². The van der Waals surface area contributed by atoms with Crippen molar-refractivity contribution in [3.63, 3.8) is 0 Å². The molecule has 0 fully saturated rings. The second-order valence-electron chi connectivity index (χ2n) is 2.63. The molecule has 0 atom stereocenters. The Labute approximate surface area is 82.5 Å². The zero-order chi connectivity index (χ0) is 9.52. The maximum atomic E-state index is 5.39. The van der Waals surface area contributed by atoms with Crippen LogP contribution in [0.4, 0.5) is 0 Å². The molecule has 1 N–H and O–H groups in total. The van der Waals surface area contributed by atoms with E-state index in [2.05, 4.69) is 22.4 Å². The molecule has 13 heavy (non-hydrogen) atoms. The zero-order valence-electron chi connectivity index (χ0n) is 8.04. The topological polar surface area (TPSA) is 51.0 Å². The highest BCUT2D eigenvalue weighted by Crippen LogP contribution is 2.07. The molecule has 1 heterocycles. The van der Waals surface area contributed by atoms with Crippen molar-refractivity contribution in [2.45, 2.75) is 19.1 Å². The number of likely N-dealkylation sites (N-methyl/N-ethyl adjacent to an activating group) is 1. The van der Waals surface area contributed by atoms with Gasteiger partial charge in [-0.25, -0.2) is 0 Å².